The molecular weight excluding hydrogens is 194 g/mol. The van der Waals surface area contributed by atoms with E-state index >= 15 is 0 Å². The second-order valence-corrected chi connectivity index (χ2v) is 5.11. The minimum Gasteiger partial charge on any atom is -0.316 e. The summed E-state index contributed by atoms with van der Waals surface area (Å²) in [5, 5.41) is 3.59. The SMILES string of the molecule is CCC1(CC)CNCC1c1ccccc1C. The summed E-state index contributed by atoms with van der Waals surface area (Å²) in [6, 6.07) is 8.87. The van der Waals surface area contributed by atoms with Gasteiger partial charge in [0.25, 0.3) is 0 Å². The second kappa shape index (κ2) is 4.58. The van der Waals surface area contributed by atoms with Gasteiger partial charge in [-0.25, -0.2) is 0 Å². The molecular formula is C15H23N. The third kappa shape index (κ3) is 1.78. The fourth-order valence-corrected chi connectivity index (χ4v) is 3.22. The normalized spacial score (nSPS) is 23.6. The van der Waals surface area contributed by atoms with E-state index in [2.05, 4.69) is 50.4 Å². The molecule has 16 heavy (non-hydrogen) atoms. The van der Waals surface area contributed by atoms with E-state index in [1.807, 2.05) is 0 Å². The van der Waals surface area contributed by atoms with Gasteiger partial charge in [0.1, 0.15) is 0 Å². The van der Waals surface area contributed by atoms with Crippen molar-refractivity contribution in [2.24, 2.45) is 5.41 Å². The van der Waals surface area contributed by atoms with Crippen LogP contribution < -0.4 is 5.32 Å². The van der Waals surface area contributed by atoms with E-state index in [1.54, 1.807) is 5.56 Å². The number of aryl methyl sites for hydroxylation is 1. The van der Waals surface area contributed by atoms with Crippen molar-refractivity contribution in [3.63, 3.8) is 0 Å². The van der Waals surface area contributed by atoms with E-state index in [-0.39, 0.29) is 0 Å². The summed E-state index contributed by atoms with van der Waals surface area (Å²) in [6.45, 7) is 9.23. The molecule has 1 atom stereocenters. The van der Waals surface area contributed by atoms with Gasteiger partial charge >= 0.3 is 0 Å². The summed E-state index contributed by atoms with van der Waals surface area (Å²) < 4.78 is 0. The smallest absolute Gasteiger partial charge is 0.00345 e. The fourth-order valence-electron chi connectivity index (χ4n) is 3.22. The quantitative estimate of drug-likeness (QED) is 0.817. The van der Waals surface area contributed by atoms with Crippen LogP contribution in [0, 0.1) is 12.3 Å². The first-order valence-corrected chi connectivity index (χ1v) is 6.49. The van der Waals surface area contributed by atoms with Gasteiger partial charge in [-0.1, -0.05) is 38.1 Å². The first-order chi connectivity index (χ1) is 7.73. The van der Waals surface area contributed by atoms with Crippen LogP contribution in [0.3, 0.4) is 0 Å². The molecule has 1 aromatic carbocycles. The number of hydrogen-bond acceptors (Lipinski definition) is 1. The zero-order valence-electron chi connectivity index (χ0n) is 10.7. The Bertz CT molecular complexity index is 352. The zero-order valence-corrected chi connectivity index (χ0v) is 10.7. The number of hydrogen-bond donors (Lipinski definition) is 1. The van der Waals surface area contributed by atoms with Gasteiger partial charge in [0, 0.05) is 19.0 Å². The summed E-state index contributed by atoms with van der Waals surface area (Å²) in [4.78, 5) is 0. The van der Waals surface area contributed by atoms with Crippen LogP contribution in [0.15, 0.2) is 24.3 Å². The van der Waals surface area contributed by atoms with E-state index in [0.29, 0.717) is 11.3 Å². The van der Waals surface area contributed by atoms with Crippen LogP contribution in [-0.4, -0.2) is 13.1 Å². The fraction of sp³-hybridized carbons (Fsp3) is 0.600. The summed E-state index contributed by atoms with van der Waals surface area (Å²) in [5.41, 5.74) is 3.48. The van der Waals surface area contributed by atoms with Gasteiger partial charge in [0.15, 0.2) is 0 Å². The molecule has 1 heterocycles. The lowest BCUT2D eigenvalue weighted by Crippen LogP contribution is -2.27. The molecule has 1 heteroatoms. The van der Waals surface area contributed by atoms with Crippen LogP contribution in [0.2, 0.25) is 0 Å². The van der Waals surface area contributed by atoms with Crippen molar-refractivity contribution in [2.45, 2.75) is 39.5 Å². The molecule has 0 saturated carbocycles. The Morgan fingerprint density at radius 1 is 1.25 bits per heavy atom. The molecule has 2 rings (SSSR count). The van der Waals surface area contributed by atoms with Crippen molar-refractivity contribution in [3.8, 4) is 0 Å². The predicted octanol–water partition coefficient (Wildman–Crippen LogP) is 3.49. The summed E-state index contributed by atoms with van der Waals surface area (Å²) in [6.07, 6.45) is 2.55. The van der Waals surface area contributed by atoms with Crippen LogP contribution in [-0.2, 0) is 0 Å². The average molecular weight is 217 g/mol. The Morgan fingerprint density at radius 3 is 2.56 bits per heavy atom. The van der Waals surface area contributed by atoms with Crippen molar-refractivity contribution in [1.82, 2.24) is 5.32 Å². The van der Waals surface area contributed by atoms with Gasteiger partial charge in [-0.05, 0) is 36.3 Å². The van der Waals surface area contributed by atoms with Crippen molar-refractivity contribution < 1.29 is 0 Å². The second-order valence-electron chi connectivity index (χ2n) is 5.11. The summed E-state index contributed by atoms with van der Waals surface area (Å²) in [5.74, 6) is 0.698. The lowest BCUT2D eigenvalue weighted by atomic mass is 9.70. The molecule has 1 aromatic rings. The highest BCUT2D eigenvalue weighted by atomic mass is 14.9. The zero-order chi connectivity index (χ0) is 11.6. The first-order valence-electron chi connectivity index (χ1n) is 6.49. The topological polar surface area (TPSA) is 12.0 Å². The number of rotatable bonds is 3. The molecule has 0 aliphatic carbocycles. The van der Waals surface area contributed by atoms with Crippen LogP contribution in [0.4, 0.5) is 0 Å². The molecule has 0 spiro atoms. The van der Waals surface area contributed by atoms with Gasteiger partial charge in [-0.15, -0.1) is 0 Å². The third-order valence-electron chi connectivity index (χ3n) is 4.54. The van der Waals surface area contributed by atoms with Crippen molar-refractivity contribution in [3.05, 3.63) is 35.4 Å². The van der Waals surface area contributed by atoms with Crippen molar-refractivity contribution in [1.29, 1.82) is 0 Å². The lowest BCUT2D eigenvalue weighted by Gasteiger charge is -2.33. The molecule has 1 aliphatic rings. The Morgan fingerprint density at radius 2 is 1.94 bits per heavy atom. The van der Waals surface area contributed by atoms with E-state index in [1.165, 1.54) is 24.9 Å². The maximum atomic E-state index is 3.59. The maximum absolute atomic E-state index is 3.59. The van der Waals surface area contributed by atoms with E-state index in [0.717, 1.165) is 6.54 Å². The monoisotopic (exact) mass is 217 g/mol. The summed E-state index contributed by atoms with van der Waals surface area (Å²) >= 11 is 0. The highest BCUT2D eigenvalue weighted by molar-refractivity contribution is 5.32. The maximum Gasteiger partial charge on any atom is 0.00345 e. The molecule has 0 aromatic heterocycles. The largest absolute Gasteiger partial charge is 0.316 e. The molecule has 1 nitrogen and oxygen atoms in total. The van der Waals surface area contributed by atoms with Crippen LogP contribution in [0.25, 0.3) is 0 Å². The molecule has 1 saturated heterocycles. The van der Waals surface area contributed by atoms with Gasteiger partial charge < -0.3 is 5.32 Å². The molecule has 0 bridgehead atoms. The van der Waals surface area contributed by atoms with E-state index < -0.39 is 0 Å². The van der Waals surface area contributed by atoms with E-state index in [4.69, 9.17) is 0 Å². The molecule has 1 fully saturated rings. The van der Waals surface area contributed by atoms with Gasteiger partial charge in [-0.2, -0.15) is 0 Å². The third-order valence-corrected chi connectivity index (χ3v) is 4.54. The van der Waals surface area contributed by atoms with Crippen LogP contribution in [0.1, 0.15) is 43.7 Å². The Hall–Kier alpha value is -0.820. The first kappa shape index (κ1) is 11.7. The van der Waals surface area contributed by atoms with Gasteiger partial charge in [0.2, 0.25) is 0 Å². The highest BCUT2D eigenvalue weighted by Crippen LogP contribution is 2.45. The Labute approximate surface area is 99.3 Å². The Kier molecular flexibility index (Phi) is 3.34. The molecule has 1 aliphatic heterocycles. The van der Waals surface area contributed by atoms with Crippen LogP contribution >= 0.6 is 0 Å². The van der Waals surface area contributed by atoms with Crippen molar-refractivity contribution in [2.75, 3.05) is 13.1 Å². The van der Waals surface area contributed by atoms with Gasteiger partial charge in [-0.3, -0.25) is 0 Å². The minimum absolute atomic E-state index is 0.478. The average Bonchev–Trinajstić information content (AvgIpc) is 2.74. The number of benzene rings is 1. The molecule has 0 amide bonds. The summed E-state index contributed by atoms with van der Waals surface area (Å²) in [7, 11) is 0. The lowest BCUT2D eigenvalue weighted by molar-refractivity contribution is 0.260. The number of nitrogens with one attached hydrogen (secondary N) is 1. The van der Waals surface area contributed by atoms with E-state index in [9.17, 15) is 0 Å². The molecule has 1 unspecified atom stereocenters. The standard InChI is InChI=1S/C15H23N/c1-4-15(5-2)11-16-10-14(15)13-9-7-6-8-12(13)3/h6-9,14,16H,4-5,10-11H2,1-3H3. The predicted molar refractivity (Wildman–Crippen MR) is 69.8 cm³/mol. The molecule has 88 valence electrons. The van der Waals surface area contributed by atoms with Gasteiger partial charge in [0.05, 0.1) is 0 Å². The van der Waals surface area contributed by atoms with Crippen LogP contribution in [0.5, 0.6) is 0 Å². The molecule has 1 N–H and O–H groups in total. The highest BCUT2D eigenvalue weighted by Gasteiger charge is 2.40. The molecule has 0 radical (unpaired) electrons. The van der Waals surface area contributed by atoms with Crippen molar-refractivity contribution >= 4 is 0 Å². The Balaban J connectivity index is 2.37. The minimum atomic E-state index is 0.478.